The summed E-state index contributed by atoms with van der Waals surface area (Å²) in [6, 6.07) is 52.5. The zero-order valence-electron chi connectivity index (χ0n) is 30.9. The van der Waals surface area contributed by atoms with Crippen molar-refractivity contribution in [3.63, 3.8) is 0 Å². The number of rotatable bonds is 10. The van der Waals surface area contributed by atoms with E-state index in [2.05, 4.69) is 201 Å². The summed E-state index contributed by atoms with van der Waals surface area (Å²) in [5, 5.41) is 0. The Morgan fingerprint density at radius 1 is 0.630 bits per heavy atom. The van der Waals surface area contributed by atoms with Gasteiger partial charge in [-0.3, -0.25) is 0 Å². The number of allylic oxidation sites excluding steroid dienone is 3. The summed E-state index contributed by atoms with van der Waals surface area (Å²) >= 11 is 0.0333. The molecule has 0 amide bonds. The number of methoxy groups -OCH3 is 1. The molecule has 0 saturated heterocycles. The standard InChI is InChI=1S/C49H43N2O.Ag.ClH/c1-34-28-35(2)46(36(3)29-34)45-27-17-26-41-32-50(33-51(41)45)49-43(47(37-18-9-5-10-19-37)38-20-11-6-12-21-38)30-42(52-4)31-44(49)48(39-22-13-7-14-23-39)40-24-15-8-16-25-40;;/h5-33,47-48H,1-4H3;;1H/q;+1;/p-1. The number of aryl methyl sites for hydroxylation is 3. The van der Waals surface area contributed by atoms with Crippen molar-refractivity contribution >= 4 is 20.6 Å². The van der Waals surface area contributed by atoms with Crippen LogP contribution in [0.4, 0.5) is 5.69 Å². The number of hydrogen-bond donors (Lipinski definition) is 0. The summed E-state index contributed by atoms with van der Waals surface area (Å²) < 4.78 is 6.05. The molecule has 0 spiro atoms. The van der Waals surface area contributed by atoms with E-state index in [0.29, 0.717) is 0 Å². The Morgan fingerprint density at radius 2 is 1.07 bits per heavy atom. The zero-order valence-corrected chi connectivity index (χ0v) is 33.1. The van der Waals surface area contributed by atoms with Gasteiger partial charge >= 0.3 is 335 Å². The van der Waals surface area contributed by atoms with Gasteiger partial charge in [0.2, 0.25) is 0 Å². The second-order valence-electron chi connectivity index (χ2n) is 14.0. The summed E-state index contributed by atoms with van der Waals surface area (Å²) in [6.07, 6.45) is 8.96. The third-order valence-corrected chi connectivity index (χ3v) is 12.3. The van der Waals surface area contributed by atoms with Crippen LogP contribution < -0.4 is 9.64 Å². The Morgan fingerprint density at radius 3 is 1.48 bits per heavy atom. The average Bonchev–Trinajstić information content (AvgIpc) is 3.58. The number of hydrogen-bond acceptors (Lipinski definition) is 3. The first kappa shape index (κ1) is 36.0. The van der Waals surface area contributed by atoms with Crippen molar-refractivity contribution in [1.29, 1.82) is 0 Å². The number of anilines is 1. The molecule has 54 heavy (non-hydrogen) atoms. The zero-order chi connectivity index (χ0) is 37.2. The first-order chi connectivity index (χ1) is 26.5. The SMILES string of the molecule is COc1cc(C(c2ccccc2)c2ccccc2)c(N2C=C3C=CC=C(c4c(C)cc(C)cc4C)N3[CH]2[Ag][Cl])c(C(c2ccccc2)c2ccccc2)c1. The van der Waals surface area contributed by atoms with Crippen LogP contribution in [-0.2, 0) is 18.7 Å². The van der Waals surface area contributed by atoms with Crippen LogP contribution in [0.3, 0.4) is 0 Å². The van der Waals surface area contributed by atoms with Crippen molar-refractivity contribution in [1.82, 2.24) is 4.90 Å². The van der Waals surface area contributed by atoms with Gasteiger partial charge < -0.3 is 0 Å². The molecule has 0 radical (unpaired) electrons. The molecule has 5 heteroatoms. The van der Waals surface area contributed by atoms with E-state index < -0.39 is 0 Å². The topological polar surface area (TPSA) is 15.7 Å². The molecule has 2 heterocycles. The Hall–Kier alpha value is -5.03. The Balaban J connectivity index is 1.43. The maximum absolute atomic E-state index is 7.26. The third-order valence-electron chi connectivity index (χ3n) is 10.5. The summed E-state index contributed by atoms with van der Waals surface area (Å²) in [6.45, 7) is 6.61. The predicted octanol–water partition coefficient (Wildman–Crippen LogP) is 12.1. The summed E-state index contributed by atoms with van der Waals surface area (Å²) in [5.74, 6) is 0.635. The van der Waals surface area contributed by atoms with Gasteiger partial charge in [0.05, 0.1) is 0 Å². The summed E-state index contributed by atoms with van der Waals surface area (Å²) in [4.78, 5) is 4.92. The fraction of sp³-hybridized carbons (Fsp3) is 0.143. The molecule has 0 saturated carbocycles. The van der Waals surface area contributed by atoms with Gasteiger partial charge in [-0.05, 0) is 0 Å². The van der Waals surface area contributed by atoms with E-state index in [-0.39, 0.29) is 34.9 Å². The number of fused-ring (bicyclic) bond motifs is 1. The molecule has 6 aromatic carbocycles. The molecule has 0 aromatic heterocycles. The van der Waals surface area contributed by atoms with Crippen molar-refractivity contribution in [2.24, 2.45) is 0 Å². The molecule has 8 rings (SSSR count). The van der Waals surface area contributed by atoms with E-state index in [4.69, 9.17) is 13.9 Å². The number of benzene rings is 6. The molecule has 0 fully saturated rings. The third kappa shape index (κ3) is 6.78. The fourth-order valence-corrected chi connectivity index (χ4v) is 10.1. The van der Waals surface area contributed by atoms with Gasteiger partial charge in [-0.2, -0.15) is 0 Å². The minimum absolute atomic E-state index is 0.0333. The fourth-order valence-electron chi connectivity index (χ4n) is 8.38. The Bertz CT molecular complexity index is 2150. The number of halogens is 1. The molecule has 2 aliphatic heterocycles. The monoisotopic (exact) mass is 817 g/mol. The first-order valence-corrected chi connectivity index (χ1v) is 21.1. The molecule has 1 unspecified atom stereocenters. The van der Waals surface area contributed by atoms with Gasteiger partial charge in [-0.15, -0.1) is 0 Å². The normalized spacial score (nSPS) is 15.1. The molecule has 1 atom stereocenters. The van der Waals surface area contributed by atoms with E-state index in [0.717, 1.165) is 28.3 Å². The van der Waals surface area contributed by atoms with Crippen LogP contribution in [0.2, 0.25) is 0 Å². The van der Waals surface area contributed by atoms with E-state index in [1.165, 1.54) is 50.2 Å². The van der Waals surface area contributed by atoms with Crippen LogP contribution in [0, 0.1) is 20.8 Å². The van der Waals surface area contributed by atoms with E-state index in [1.807, 2.05) is 0 Å². The van der Waals surface area contributed by atoms with Gasteiger partial charge in [-0.25, -0.2) is 0 Å². The van der Waals surface area contributed by atoms with Crippen LogP contribution in [0.25, 0.3) is 5.70 Å². The number of nitrogens with zero attached hydrogens (tertiary/aromatic N) is 2. The molecule has 2 aliphatic rings. The first-order valence-electron chi connectivity index (χ1n) is 18.3. The predicted molar refractivity (Wildman–Crippen MR) is 220 cm³/mol. The van der Waals surface area contributed by atoms with Crippen molar-refractivity contribution in [2.75, 3.05) is 12.0 Å². The second kappa shape index (κ2) is 15.8. The van der Waals surface area contributed by atoms with Crippen LogP contribution >= 0.6 is 9.19 Å². The minimum atomic E-state index is -0.175. The van der Waals surface area contributed by atoms with Gasteiger partial charge in [0.1, 0.15) is 0 Å². The van der Waals surface area contributed by atoms with Crippen molar-refractivity contribution in [3.8, 4) is 5.75 Å². The summed E-state index contributed by atoms with van der Waals surface area (Å²) in [5.41, 5.74) is 15.6. The van der Waals surface area contributed by atoms with Crippen LogP contribution in [0.5, 0.6) is 5.75 Å². The van der Waals surface area contributed by atoms with Crippen LogP contribution in [-0.4, -0.2) is 16.4 Å². The number of ether oxygens (including phenoxy) is 1. The average molecular weight is 819 g/mol. The summed E-state index contributed by atoms with van der Waals surface area (Å²) in [7, 11) is 9.03. The van der Waals surface area contributed by atoms with E-state index in [1.54, 1.807) is 7.11 Å². The maximum atomic E-state index is 7.26. The van der Waals surface area contributed by atoms with Crippen molar-refractivity contribution < 1.29 is 23.4 Å². The van der Waals surface area contributed by atoms with Crippen molar-refractivity contribution in [3.05, 3.63) is 231 Å². The van der Waals surface area contributed by atoms with Gasteiger partial charge in [-0.1, -0.05) is 0 Å². The molecule has 273 valence electrons. The molecule has 0 bridgehead atoms. The Labute approximate surface area is 333 Å². The Kier molecular flexibility index (Phi) is 10.5. The van der Waals surface area contributed by atoms with Gasteiger partial charge in [0.15, 0.2) is 0 Å². The van der Waals surface area contributed by atoms with Crippen LogP contribution in [0.15, 0.2) is 176 Å². The molecule has 0 N–H and O–H groups in total. The molecule has 6 aromatic rings. The van der Waals surface area contributed by atoms with E-state index >= 15 is 0 Å². The molecular formula is C49H43AgClN2O. The van der Waals surface area contributed by atoms with Crippen molar-refractivity contribution in [2.45, 2.75) is 37.0 Å². The molecule has 0 aliphatic carbocycles. The van der Waals surface area contributed by atoms with Gasteiger partial charge in [0.25, 0.3) is 0 Å². The van der Waals surface area contributed by atoms with Gasteiger partial charge in [0, 0.05) is 0 Å². The van der Waals surface area contributed by atoms with Crippen LogP contribution in [0.1, 0.15) is 67.5 Å². The second-order valence-corrected chi connectivity index (χ2v) is 15.9. The molecular weight excluding hydrogens is 776 g/mol. The molecule has 3 nitrogen and oxygen atoms in total. The van der Waals surface area contributed by atoms with E-state index in [9.17, 15) is 0 Å². The quantitative estimate of drug-likeness (QED) is 0.101.